The molecular formula is C27H35FN4O2. The highest BCUT2D eigenvalue weighted by Gasteiger charge is 2.35. The molecule has 2 aromatic rings. The summed E-state index contributed by atoms with van der Waals surface area (Å²) in [5, 5.41) is 13.1. The molecule has 1 heterocycles. The number of nitroso groups, excluding NO2 is 1. The van der Waals surface area contributed by atoms with E-state index >= 15 is 0 Å². The van der Waals surface area contributed by atoms with E-state index in [2.05, 4.69) is 34.9 Å². The molecule has 3 rings (SSSR count). The highest BCUT2D eigenvalue weighted by Crippen LogP contribution is 2.36. The summed E-state index contributed by atoms with van der Waals surface area (Å²) in [7, 11) is 0. The van der Waals surface area contributed by atoms with Crippen LogP contribution in [0.25, 0.3) is 0 Å². The predicted octanol–water partition coefficient (Wildman–Crippen LogP) is 4.99. The molecule has 1 unspecified atom stereocenters. The SMILES string of the molecule is CC(C)C(C#N)(CCCN1CCN(CCOc2ccc(F)cc2)CC1)c1ccc(CN=O)cc1. The van der Waals surface area contributed by atoms with Gasteiger partial charge >= 0.3 is 0 Å². The van der Waals surface area contributed by atoms with Crippen molar-refractivity contribution in [1.82, 2.24) is 9.80 Å². The van der Waals surface area contributed by atoms with Crippen LogP contribution in [0.1, 0.15) is 37.8 Å². The number of halogens is 1. The number of ether oxygens (including phenoxy) is 1. The van der Waals surface area contributed by atoms with Gasteiger partial charge in [-0.1, -0.05) is 43.3 Å². The van der Waals surface area contributed by atoms with Crippen molar-refractivity contribution < 1.29 is 9.13 Å². The van der Waals surface area contributed by atoms with Crippen LogP contribution in [0.2, 0.25) is 0 Å². The maximum Gasteiger partial charge on any atom is 0.123 e. The fraction of sp³-hybridized carbons (Fsp3) is 0.519. The van der Waals surface area contributed by atoms with Crippen molar-refractivity contribution in [3.63, 3.8) is 0 Å². The minimum atomic E-state index is -0.535. The van der Waals surface area contributed by atoms with E-state index in [0.29, 0.717) is 12.4 Å². The third kappa shape index (κ3) is 6.85. The number of rotatable bonds is 12. The van der Waals surface area contributed by atoms with Gasteiger partial charge in [-0.15, -0.1) is 0 Å². The van der Waals surface area contributed by atoms with Crippen LogP contribution in [0, 0.1) is 28.0 Å². The van der Waals surface area contributed by atoms with Crippen molar-refractivity contribution in [3.05, 3.63) is 70.4 Å². The summed E-state index contributed by atoms with van der Waals surface area (Å²) in [5.74, 6) is 0.626. The number of hydrogen-bond acceptors (Lipinski definition) is 6. The predicted molar refractivity (Wildman–Crippen MR) is 132 cm³/mol. The summed E-state index contributed by atoms with van der Waals surface area (Å²) in [6.07, 6.45) is 1.76. The molecule has 0 spiro atoms. The van der Waals surface area contributed by atoms with Gasteiger partial charge < -0.3 is 9.64 Å². The Kier molecular flexibility index (Phi) is 9.55. The normalized spacial score (nSPS) is 16.7. The second-order valence-electron chi connectivity index (χ2n) is 9.31. The van der Waals surface area contributed by atoms with Crippen LogP contribution >= 0.6 is 0 Å². The zero-order valence-corrected chi connectivity index (χ0v) is 20.3. The Morgan fingerprint density at radius 3 is 2.21 bits per heavy atom. The van der Waals surface area contributed by atoms with Gasteiger partial charge in [0.15, 0.2) is 0 Å². The molecular weight excluding hydrogens is 431 g/mol. The van der Waals surface area contributed by atoms with Crippen LogP contribution in [0.5, 0.6) is 5.75 Å². The quantitative estimate of drug-likeness (QED) is 0.413. The van der Waals surface area contributed by atoms with Crippen LogP contribution in [0.3, 0.4) is 0 Å². The molecule has 1 saturated heterocycles. The molecule has 0 aromatic heterocycles. The molecule has 34 heavy (non-hydrogen) atoms. The van der Waals surface area contributed by atoms with Gasteiger partial charge in [0, 0.05) is 32.7 Å². The first-order valence-corrected chi connectivity index (χ1v) is 12.1. The van der Waals surface area contributed by atoms with Gasteiger partial charge in [-0.25, -0.2) is 4.39 Å². The summed E-state index contributed by atoms with van der Waals surface area (Å²) >= 11 is 0. The molecule has 0 radical (unpaired) electrons. The van der Waals surface area contributed by atoms with Crippen molar-refractivity contribution in [1.29, 1.82) is 5.26 Å². The maximum absolute atomic E-state index is 13.0. The van der Waals surface area contributed by atoms with Gasteiger partial charge in [-0.2, -0.15) is 10.2 Å². The van der Waals surface area contributed by atoms with Gasteiger partial charge in [-0.05, 0) is 60.7 Å². The van der Waals surface area contributed by atoms with E-state index in [9.17, 15) is 14.6 Å². The van der Waals surface area contributed by atoms with Crippen LogP contribution in [0.4, 0.5) is 4.39 Å². The largest absolute Gasteiger partial charge is 0.492 e. The fourth-order valence-electron chi connectivity index (χ4n) is 4.64. The Bertz CT molecular complexity index is 935. The fourth-order valence-corrected chi connectivity index (χ4v) is 4.64. The smallest absolute Gasteiger partial charge is 0.123 e. The summed E-state index contributed by atoms with van der Waals surface area (Å²) in [5.41, 5.74) is 1.35. The standard InChI is InChI=1S/C27H35FN4O2/c1-22(2)27(21-29,24-6-4-23(5-7-24)20-30-33)12-3-13-31-14-16-32(17-15-31)18-19-34-26-10-8-25(28)9-11-26/h4-11,22H,3,12-20H2,1-2H3. The first-order valence-electron chi connectivity index (χ1n) is 12.1. The van der Waals surface area contributed by atoms with E-state index in [1.807, 2.05) is 24.3 Å². The lowest BCUT2D eigenvalue weighted by Gasteiger charge is -2.36. The molecule has 1 aliphatic rings. The van der Waals surface area contributed by atoms with Crippen LogP contribution in [0.15, 0.2) is 53.7 Å². The van der Waals surface area contributed by atoms with E-state index in [1.165, 1.54) is 12.1 Å². The molecule has 182 valence electrons. The summed E-state index contributed by atoms with van der Waals surface area (Å²) in [6.45, 7) is 10.8. The molecule has 1 fully saturated rings. The zero-order chi connectivity index (χ0) is 24.4. The first kappa shape index (κ1) is 25.8. The highest BCUT2D eigenvalue weighted by molar-refractivity contribution is 5.35. The third-order valence-corrected chi connectivity index (χ3v) is 6.90. The lowest BCUT2D eigenvalue weighted by molar-refractivity contribution is 0.114. The van der Waals surface area contributed by atoms with Crippen LogP contribution < -0.4 is 4.74 Å². The average Bonchev–Trinajstić information content (AvgIpc) is 2.85. The van der Waals surface area contributed by atoms with Crippen molar-refractivity contribution in [2.75, 3.05) is 45.9 Å². The lowest BCUT2D eigenvalue weighted by atomic mass is 9.69. The van der Waals surface area contributed by atoms with Crippen LogP contribution in [-0.4, -0.2) is 55.7 Å². The maximum atomic E-state index is 13.0. The molecule has 0 bridgehead atoms. The molecule has 0 amide bonds. The van der Waals surface area contributed by atoms with Crippen molar-refractivity contribution >= 4 is 0 Å². The minimum absolute atomic E-state index is 0.159. The summed E-state index contributed by atoms with van der Waals surface area (Å²) < 4.78 is 18.7. The van der Waals surface area contributed by atoms with E-state index in [0.717, 1.165) is 63.2 Å². The van der Waals surface area contributed by atoms with Crippen molar-refractivity contribution in [2.45, 2.75) is 38.6 Å². The van der Waals surface area contributed by atoms with Gasteiger partial charge in [0.2, 0.25) is 0 Å². The number of nitrogens with zero attached hydrogens (tertiary/aromatic N) is 4. The molecule has 0 aliphatic carbocycles. The van der Waals surface area contributed by atoms with Crippen molar-refractivity contribution in [3.8, 4) is 11.8 Å². The summed E-state index contributed by atoms with van der Waals surface area (Å²) in [6, 6.07) is 16.5. The molecule has 0 saturated carbocycles. The second-order valence-corrected chi connectivity index (χ2v) is 9.31. The Balaban J connectivity index is 1.43. The van der Waals surface area contributed by atoms with E-state index in [4.69, 9.17) is 4.74 Å². The van der Waals surface area contributed by atoms with E-state index in [1.54, 1.807) is 12.1 Å². The van der Waals surface area contributed by atoms with E-state index in [-0.39, 0.29) is 18.3 Å². The molecule has 1 aliphatic heterocycles. The molecule has 0 N–H and O–H groups in total. The molecule has 1 atom stereocenters. The molecule has 6 nitrogen and oxygen atoms in total. The second kappa shape index (κ2) is 12.6. The minimum Gasteiger partial charge on any atom is -0.492 e. The molecule has 7 heteroatoms. The topological polar surface area (TPSA) is 68.9 Å². The Labute approximate surface area is 202 Å². The summed E-state index contributed by atoms with van der Waals surface area (Å²) in [4.78, 5) is 15.4. The Morgan fingerprint density at radius 2 is 1.65 bits per heavy atom. The van der Waals surface area contributed by atoms with Gasteiger partial charge in [0.05, 0.1) is 11.5 Å². The van der Waals surface area contributed by atoms with Crippen LogP contribution in [-0.2, 0) is 12.0 Å². The monoisotopic (exact) mass is 466 g/mol. The number of piperazine rings is 1. The van der Waals surface area contributed by atoms with Gasteiger partial charge in [-0.3, -0.25) is 4.90 Å². The first-order chi connectivity index (χ1) is 16.5. The van der Waals surface area contributed by atoms with Crippen molar-refractivity contribution in [2.24, 2.45) is 11.1 Å². The third-order valence-electron chi connectivity index (χ3n) is 6.90. The zero-order valence-electron chi connectivity index (χ0n) is 20.3. The van der Waals surface area contributed by atoms with E-state index < -0.39 is 5.41 Å². The lowest BCUT2D eigenvalue weighted by Crippen LogP contribution is -2.47. The van der Waals surface area contributed by atoms with Gasteiger partial charge in [0.25, 0.3) is 0 Å². The number of nitriles is 1. The number of benzene rings is 2. The Morgan fingerprint density at radius 1 is 1.03 bits per heavy atom. The van der Waals surface area contributed by atoms with Gasteiger partial charge in [0.1, 0.15) is 24.7 Å². The Hall–Kier alpha value is -2.82. The highest BCUT2D eigenvalue weighted by atomic mass is 19.1. The number of hydrogen-bond donors (Lipinski definition) is 0. The molecule has 2 aromatic carbocycles. The average molecular weight is 467 g/mol.